The summed E-state index contributed by atoms with van der Waals surface area (Å²) in [5, 5.41) is 18.1. The summed E-state index contributed by atoms with van der Waals surface area (Å²) in [6, 6.07) is 4.45. The second-order valence-corrected chi connectivity index (χ2v) is 4.60. The molecule has 2 aromatic rings. The minimum absolute atomic E-state index is 0.0924. The van der Waals surface area contributed by atoms with Crippen LogP contribution < -0.4 is 4.74 Å². The molecule has 1 heterocycles. The highest BCUT2D eigenvalue weighted by Gasteiger charge is 2.21. The maximum Gasteiger partial charge on any atom is 0.372 e. The topological polar surface area (TPSA) is 97.0 Å². The van der Waals surface area contributed by atoms with E-state index in [4.69, 9.17) is 19.4 Å². The van der Waals surface area contributed by atoms with E-state index >= 15 is 0 Å². The Balaban J connectivity index is 2.66. The number of hydrogen-bond acceptors (Lipinski definition) is 4. The van der Waals surface area contributed by atoms with Gasteiger partial charge in [-0.25, -0.2) is 9.59 Å². The molecule has 0 fully saturated rings. The van der Waals surface area contributed by atoms with Crippen molar-refractivity contribution in [3.05, 3.63) is 40.6 Å². The third-order valence-electron chi connectivity index (χ3n) is 3.12. The normalized spacial score (nSPS) is 10.4. The summed E-state index contributed by atoms with van der Waals surface area (Å²) in [5.74, 6) is -1.72. The van der Waals surface area contributed by atoms with Crippen LogP contribution >= 0.6 is 0 Å². The molecule has 6 heteroatoms. The average molecular weight is 290 g/mol. The number of hydrogen-bond donors (Lipinski definition) is 2. The highest BCUT2D eigenvalue weighted by molar-refractivity contribution is 5.91. The van der Waals surface area contributed by atoms with Crippen molar-refractivity contribution in [2.24, 2.45) is 0 Å². The standard InChI is InChI=1S/C15H14O6/c1-7-4-9(14(16)17)6-10(20-3)12(7)11-5-8(2)13(21-11)15(18)19/h4-6H,1-3H3,(H,16,17)(H,18,19). The molecule has 0 atom stereocenters. The highest BCUT2D eigenvalue weighted by Crippen LogP contribution is 2.36. The van der Waals surface area contributed by atoms with Crippen LogP contribution in [0.5, 0.6) is 5.75 Å². The van der Waals surface area contributed by atoms with Crippen LogP contribution in [0.1, 0.15) is 32.0 Å². The maximum atomic E-state index is 11.1. The van der Waals surface area contributed by atoms with Gasteiger partial charge in [0.1, 0.15) is 11.5 Å². The van der Waals surface area contributed by atoms with E-state index in [2.05, 4.69) is 0 Å². The highest BCUT2D eigenvalue weighted by atomic mass is 16.5. The number of carboxylic acids is 2. The van der Waals surface area contributed by atoms with Gasteiger partial charge in [0.05, 0.1) is 18.2 Å². The molecule has 0 unspecified atom stereocenters. The van der Waals surface area contributed by atoms with Crippen molar-refractivity contribution in [3.8, 4) is 17.1 Å². The number of benzene rings is 1. The smallest absolute Gasteiger partial charge is 0.372 e. The Labute approximate surface area is 120 Å². The van der Waals surface area contributed by atoms with Crippen LogP contribution in [0.25, 0.3) is 11.3 Å². The van der Waals surface area contributed by atoms with Crippen molar-refractivity contribution in [3.63, 3.8) is 0 Å². The Morgan fingerprint density at radius 3 is 2.19 bits per heavy atom. The molecule has 0 radical (unpaired) electrons. The predicted octanol–water partition coefficient (Wildman–Crippen LogP) is 2.97. The van der Waals surface area contributed by atoms with E-state index in [0.717, 1.165) is 0 Å². The molecule has 0 bridgehead atoms. The van der Waals surface area contributed by atoms with Crippen LogP contribution in [-0.4, -0.2) is 29.3 Å². The van der Waals surface area contributed by atoms with Crippen molar-refractivity contribution in [1.29, 1.82) is 0 Å². The number of carbonyl (C=O) groups is 2. The molecule has 0 saturated carbocycles. The Bertz CT molecular complexity index is 726. The Morgan fingerprint density at radius 2 is 1.71 bits per heavy atom. The molecule has 2 rings (SSSR count). The van der Waals surface area contributed by atoms with Gasteiger partial charge in [0.25, 0.3) is 0 Å². The maximum absolute atomic E-state index is 11.1. The molecule has 21 heavy (non-hydrogen) atoms. The van der Waals surface area contributed by atoms with Gasteiger partial charge >= 0.3 is 11.9 Å². The van der Waals surface area contributed by atoms with Crippen LogP contribution in [0.15, 0.2) is 22.6 Å². The average Bonchev–Trinajstić information content (AvgIpc) is 2.79. The van der Waals surface area contributed by atoms with Gasteiger partial charge in [0, 0.05) is 5.56 Å². The molecule has 0 amide bonds. The first-order chi connectivity index (χ1) is 9.85. The van der Waals surface area contributed by atoms with Crippen LogP contribution in [0.2, 0.25) is 0 Å². The molecule has 0 aliphatic carbocycles. The number of carboxylic acid groups (broad SMARTS) is 2. The van der Waals surface area contributed by atoms with Gasteiger partial charge in [-0.15, -0.1) is 0 Å². The Morgan fingerprint density at radius 1 is 1.05 bits per heavy atom. The zero-order valence-corrected chi connectivity index (χ0v) is 11.8. The number of furan rings is 1. The second kappa shape index (κ2) is 5.32. The summed E-state index contributed by atoms with van der Waals surface area (Å²) < 4.78 is 10.6. The monoisotopic (exact) mass is 290 g/mol. The molecule has 1 aromatic carbocycles. The van der Waals surface area contributed by atoms with E-state index in [1.54, 1.807) is 19.9 Å². The second-order valence-electron chi connectivity index (χ2n) is 4.60. The van der Waals surface area contributed by atoms with Crippen LogP contribution in [0.3, 0.4) is 0 Å². The molecular weight excluding hydrogens is 276 g/mol. The van der Waals surface area contributed by atoms with Crippen molar-refractivity contribution in [2.45, 2.75) is 13.8 Å². The van der Waals surface area contributed by atoms with Crippen molar-refractivity contribution < 1.29 is 29.0 Å². The molecule has 0 saturated heterocycles. The first-order valence-electron chi connectivity index (χ1n) is 6.11. The lowest BCUT2D eigenvalue weighted by Crippen LogP contribution is -2.00. The molecule has 0 aliphatic heterocycles. The quantitative estimate of drug-likeness (QED) is 0.898. The molecular formula is C15H14O6. The van der Waals surface area contributed by atoms with Crippen LogP contribution in [-0.2, 0) is 0 Å². The fourth-order valence-electron chi connectivity index (χ4n) is 2.17. The Kier molecular flexibility index (Phi) is 3.71. The third-order valence-corrected chi connectivity index (χ3v) is 3.12. The van der Waals surface area contributed by atoms with E-state index in [1.165, 1.54) is 19.2 Å². The first kappa shape index (κ1) is 14.6. The van der Waals surface area contributed by atoms with Crippen LogP contribution in [0, 0.1) is 13.8 Å². The number of rotatable bonds is 4. The number of aryl methyl sites for hydroxylation is 2. The van der Waals surface area contributed by atoms with Gasteiger partial charge in [-0.3, -0.25) is 0 Å². The van der Waals surface area contributed by atoms with E-state index in [-0.39, 0.29) is 11.3 Å². The summed E-state index contributed by atoms with van der Waals surface area (Å²) in [4.78, 5) is 22.1. The van der Waals surface area contributed by atoms with E-state index in [0.29, 0.717) is 28.2 Å². The summed E-state index contributed by atoms with van der Waals surface area (Å²) in [6.45, 7) is 3.34. The van der Waals surface area contributed by atoms with E-state index in [9.17, 15) is 9.59 Å². The molecule has 110 valence electrons. The summed E-state index contributed by atoms with van der Waals surface area (Å²) in [5.41, 5.74) is 1.74. The Hall–Kier alpha value is -2.76. The van der Waals surface area contributed by atoms with Gasteiger partial charge in [0.2, 0.25) is 5.76 Å². The van der Waals surface area contributed by atoms with Crippen molar-refractivity contribution in [2.75, 3.05) is 7.11 Å². The molecule has 2 N–H and O–H groups in total. The zero-order valence-electron chi connectivity index (χ0n) is 11.8. The fourth-order valence-corrected chi connectivity index (χ4v) is 2.17. The third kappa shape index (κ3) is 2.60. The molecule has 6 nitrogen and oxygen atoms in total. The summed E-state index contributed by atoms with van der Waals surface area (Å²) in [6.07, 6.45) is 0. The van der Waals surface area contributed by atoms with Gasteiger partial charge < -0.3 is 19.4 Å². The molecule has 0 spiro atoms. The first-order valence-corrected chi connectivity index (χ1v) is 6.11. The fraction of sp³-hybridized carbons (Fsp3) is 0.200. The van der Waals surface area contributed by atoms with Gasteiger partial charge in [-0.05, 0) is 37.6 Å². The largest absolute Gasteiger partial charge is 0.496 e. The zero-order chi connectivity index (χ0) is 15.7. The van der Waals surface area contributed by atoms with Crippen molar-refractivity contribution in [1.82, 2.24) is 0 Å². The number of ether oxygens (including phenoxy) is 1. The summed E-state index contributed by atoms with van der Waals surface area (Å²) in [7, 11) is 1.41. The van der Waals surface area contributed by atoms with Gasteiger partial charge in [0.15, 0.2) is 0 Å². The predicted molar refractivity (Wildman–Crippen MR) is 74.1 cm³/mol. The van der Waals surface area contributed by atoms with Crippen LogP contribution in [0.4, 0.5) is 0 Å². The lowest BCUT2D eigenvalue weighted by atomic mass is 10.0. The SMILES string of the molecule is COc1cc(C(=O)O)cc(C)c1-c1cc(C)c(C(=O)O)o1. The van der Waals surface area contributed by atoms with E-state index < -0.39 is 11.9 Å². The minimum atomic E-state index is -1.16. The van der Waals surface area contributed by atoms with E-state index in [1.807, 2.05) is 0 Å². The number of methoxy groups -OCH3 is 1. The molecule has 0 aliphatic rings. The van der Waals surface area contributed by atoms with Gasteiger partial charge in [-0.1, -0.05) is 0 Å². The lowest BCUT2D eigenvalue weighted by Gasteiger charge is -2.11. The minimum Gasteiger partial charge on any atom is -0.496 e. The summed E-state index contributed by atoms with van der Waals surface area (Å²) >= 11 is 0. The number of aromatic carboxylic acids is 2. The van der Waals surface area contributed by atoms with Crippen molar-refractivity contribution >= 4 is 11.9 Å². The molecule has 1 aromatic heterocycles. The lowest BCUT2D eigenvalue weighted by molar-refractivity contribution is 0.0659. The van der Waals surface area contributed by atoms with Gasteiger partial charge in [-0.2, -0.15) is 0 Å².